The van der Waals surface area contributed by atoms with Crippen LogP contribution in [0.1, 0.15) is 30.0 Å². The number of hydrogen-bond acceptors (Lipinski definition) is 5. The van der Waals surface area contributed by atoms with E-state index in [1.807, 2.05) is 0 Å². The summed E-state index contributed by atoms with van der Waals surface area (Å²) in [5, 5.41) is 7.99. The van der Waals surface area contributed by atoms with Crippen LogP contribution in [-0.4, -0.2) is 16.0 Å². The fraction of sp³-hybridized carbons (Fsp3) is 0.167. The summed E-state index contributed by atoms with van der Waals surface area (Å²) in [6.07, 6.45) is -5.24. The van der Waals surface area contributed by atoms with Gasteiger partial charge in [0.15, 0.2) is 5.84 Å². The van der Waals surface area contributed by atoms with E-state index in [4.69, 9.17) is 26.7 Å². The zero-order valence-electron chi connectivity index (χ0n) is 14.4. The number of rotatable bonds is 5. The van der Waals surface area contributed by atoms with Crippen LogP contribution in [0, 0.1) is 0 Å². The lowest BCUT2D eigenvalue weighted by atomic mass is 10.1. The number of halogens is 4. The monoisotopic (exact) mass is 410 g/mol. The highest BCUT2D eigenvalue weighted by atomic mass is 35.5. The van der Waals surface area contributed by atoms with Crippen molar-refractivity contribution in [3.63, 3.8) is 0 Å². The minimum absolute atomic E-state index is 0.00310. The van der Waals surface area contributed by atoms with Gasteiger partial charge in [-0.25, -0.2) is 0 Å². The summed E-state index contributed by atoms with van der Waals surface area (Å²) in [7, 11) is 0. The summed E-state index contributed by atoms with van der Waals surface area (Å²) in [4.78, 5) is 9.32. The number of benzene rings is 2. The topological polar surface area (TPSA) is 86.5 Å². The average Bonchev–Trinajstić information content (AvgIpc) is 3.15. The van der Waals surface area contributed by atoms with Crippen LogP contribution >= 0.6 is 11.6 Å². The molecule has 0 aliphatic heterocycles. The van der Waals surface area contributed by atoms with Gasteiger partial charge in [0.05, 0.1) is 5.56 Å². The smallest absolute Gasteiger partial charge is 0.381 e. The van der Waals surface area contributed by atoms with Crippen LogP contribution in [0.2, 0.25) is 5.02 Å². The Kier molecular flexibility index (Phi) is 5.55. The molecule has 1 atom stereocenters. The number of amidine groups is 1. The molecule has 0 amide bonds. The van der Waals surface area contributed by atoms with Gasteiger partial charge in [-0.15, -0.1) is 0 Å². The first-order valence-electron chi connectivity index (χ1n) is 8.00. The SMILES string of the molecule is CC(ON=C(N)c1cccc(Cl)c1)c1nc(-c2cccc(C(F)(F)F)c2)no1. The molecule has 1 heterocycles. The molecule has 0 bridgehead atoms. The Morgan fingerprint density at radius 2 is 1.96 bits per heavy atom. The highest BCUT2D eigenvalue weighted by Gasteiger charge is 2.31. The third kappa shape index (κ3) is 4.61. The van der Waals surface area contributed by atoms with E-state index in [2.05, 4.69) is 15.3 Å². The minimum atomic E-state index is -4.47. The molecule has 0 aliphatic carbocycles. The first-order valence-corrected chi connectivity index (χ1v) is 8.38. The normalized spacial score (nSPS) is 13.4. The number of nitrogens with zero attached hydrogens (tertiary/aromatic N) is 3. The maximum Gasteiger partial charge on any atom is 0.416 e. The third-order valence-electron chi connectivity index (χ3n) is 3.67. The number of oxime groups is 1. The highest BCUT2D eigenvalue weighted by molar-refractivity contribution is 6.31. The second-order valence-corrected chi connectivity index (χ2v) is 6.21. The molecule has 2 N–H and O–H groups in total. The van der Waals surface area contributed by atoms with E-state index in [1.54, 1.807) is 31.2 Å². The number of hydrogen-bond donors (Lipinski definition) is 1. The molecule has 1 unspecified atom stereocenters. The molecular formula is C18H14ClF3N4O2. The van der Waals surface area contributed by atoms with Crippen LogP contribution in [0.5, 0.6) is 0 Å². The van der Waals surface area contributed by atoms with E-state index in [9.17, 15) is 13.2 Å². The van der Waals surface area contributed by atoms with Crippen LogP contribution in [0.3, 0.4) is 0 Å². The lowest BCUT2D eigenvalue weighted by molar-refractivity contribution is -0.137. The van der Waals surface area contributed by atoms with E-state index < -0.39 is 17.8 Å². The molecule has 0 saturated heterocycles. The Morgan fingerprint density at radius 1 is 1.21 bits per heavy atom. The molecule has 28 heavy (non-hydrogen) atoms. The van der Waals surface area contributed by atoms with Crippen molar-refractivity contribution in [3.05, 3.63) is 70.6 Å². The van der Waals surface area contributed by atoms with Crippen molar-refractivity contribution in [2.24, 2.45) is 10.9 Å². The standard InChI is InChI=1S/C18H14ClF3N4O2/c1-10(27-25-15(23)11-4-3-7-14(19)9-11)17-24-16(26-28-17)12-5-2-6-13(8-12)18(20,21)22/h2-10H,1H3,(H2,23,25). The summed E-state index contributed by atoms with van der Waals surface area (Å²) >= 11 is 5.89. The third-order valence-corrected chi connectivity index (χ3v) is 3.90. The predicted molar refractivity (Wildman–Crippen MR) is 96.4 cm³/mol. The van der Waals surface area contributed by atoms with Crippen molar-refractivity contribution in [3.8, 4) is 11.4 Å². The largest absolute Gasteiger partial charge is 0.416 e. The summed E-state index contributed by atoms with van der Waals surface area (Å²) in [6.45, 7) is 1.58. The van der Waals surface area contributed by atoms with Crippen LogP contribution in [0.25, 0.3) is 11.4 Å². The molecule has 3 aromatic rings. The number of aromatic nitrogens is 2. The molecule has 0 radical (unpaired) electrons. The maximum absolute atomic E-state index is 12.8. The van der Waals surface area contributed by atoms with Gasteiger partial charge in [0, 0.05) is 16.1 Å². The summed E-state index contributed by atoms with van der Waals surface area (Å²) in [5.41, 5.74) is 5.76. The Hall–Kier alpha value is -3.07. The van der Waals surface area contributed by atoms with Gasteiger partial charge in [0.25, 0.3) is 5.89 Å². The Morgan fingerprint density at radius 3 is 2.68 bits per heavy atom. The van der Waals surface area contributed by atoms with E-state index >= 15 is 0 Å². The number of alkyl halides is 3. The molecular weight excluding hydrogens is 397 g/mol. The van der Waals surface area contributed by atoms with Crippen LogP contribution in [-0.2, 0) is 11.0 Å². The Labute approximate surface area is 162 Å². The van der Waals surface area contributed by atoms with Gasteiger partial charge >= 0.3 is 6.18 Å². The zero-order chi connectivity index (χ0) is 20.3. The molecule has 1 aromatic heterocycles. The Balaban J connectivity index is 1.74. The van der Waals surface area contributed by atoms with Crippen LogP contribution < -0.4 is 5.73 Å². The van der Waals surface area contributed by atoms with Crippen LogP contribution in [0.4, 0.5) is 13.2 Å². The van der Waals surface area contributed by atoms with Crippen molar-refractivity contribution in [2.75, 3.05) is 0 Å². The fourth-order valence-corrected chi connectivity index (χ4v) is 2.42. The lowest BCUT2D eigenvalue weighted by Gasteiger charge is -2.07. The quantitative estimate of drug-likeness (QED) is 0.370. The minimum Gasteiger partial charge on any atom is -0.381 e. The van der Waals surface area contributed by atoms with Crippen molar-refractivity contribution in [2.45, 2.75) is 19.2 Å². The molecule has 2 aromatic carbocycles. The first kappa shape index (κ1) is 19.7. The van der Waals surface area contributed by atoms with Crippen molar-refractivity contribution in [1.29, 1.82) is 0 Å². The first-order chi connectivity index (χ1) is 13.2. The predicted octanol–water partition coefficient (Wildman–Crippen LogP) is 4.81. The molecule has 0 fully saturated rings. The molecule has 146 valence electrons. The molecule has 10 heteroatoms. The van der Waals surface area contributed by atoms with Gasteiger partial charge in [-0.2, -0.15) is 18.2 Å². The average molecular weight is 411 g/mol. The van der Waals surface area contributed by atoms with Crippen molar-refractivity contribution in [1.82, 2.24) is 10.1 Å². The zero-order valence-corrected chi connectivity index (χ0v) is 15.2. The van der Waals surface area contributed by atoms with Gasteiger partial charge in [0.1, 0.15) is 0 Å². The highest BCUT2D eigenvalue weighted by Crippen LogP contribution is 2.31. The second kappa shape index (κ2) is 7.89. The van der Waals surface area contributed by atoms with Gasteiger partial charge in [-0.1, -0.05) is 46.2 Å². The van der Waals surface area contributed by atoms with Crippen molar-refractivity contribution < 1.29 is 22.5 Å². The fourth-order valence-electron chi connectivity index (χ4n) is 2.23. The molecule has 0 spiro atoms. The van der Waals surface area contributed by atoms with Crippen molar-refractivity contribution >= 4 is 17.4 Å². The van der Waals surface area contributed by atoms with Gasteiger partial charge in [-0.05, 0) is 31.2 Å². The van der Waals surface area contributed by atoms with Gasteiger partial charge < -0.3 is 15.1 Å². The Bertz CT molecular complexity index is 1000. The second-order valence-electron chi connectivity index (χ2n) is 5.77. The molecule has 0 aliphatic rings. The van der Waals surface area contributed by atoms with E-state index in [0.717, 1.165) is 12.1 Å². The van der Waals surface area contributed by atoms with Gasteiger partial charge in [-0.3, -0.25) is 0 Å². The summed E-state index contributed by atoms with van der Waals surface area (Å²) in [6, 6.07) is 11.3. The van der Waals surface area contributed by atoms with E-state index in [1.165, 1.54) is 12.1 Å². The molecule has 0 saturated carbocycles. The van der Waals surface area contributed by atoms with E-state index in [0.29, 0.717) is 10.6 Å². The molecule has 6 nitrogen and oxygen atoms in total. The van der Waals surface area contributed by atoms with E-state index in [-0.39, 0.29) is 23.1 Å². The lowest BCUT2D eigenvalue weighted by Crippen LogP contribution is -2.14. The summed E-state index contributed by atoms with van der Waals surface area (Å²) < 4.78 is 43.6. The van der Waals surface area contributed by atoms with Gasteiger partial charge in [0.2, 0.25) is 11.9 Å². The number of nitrogens with two attached hydrogens (primary N) is 1. The molecule has 3 rings (SSSR count). The maximum atomic E-state index is 12.8. The van der Waals surface area contributed by atoms with Crippen LogP contribution in [0.15, 0.2) is 58.2 Å². The summed E-state index contributed by atoms with van der Waals surface area (Å²) in [5.74, 6) is 0.130.